The highest BCUT2D eigenvalue weighted by molar-refractivity contribution is 5.80. The Bertz CT molecular complexity index is 256. The summed E-state index contributed by atoms with van der Waals surface area (Å²) in [6.07, 6.45) is 2.15. The first-order valence-corrected chi connectivity index (χ1v) is 6.12. The van der Waals surface area contributed by atoms with Crippen LogP contribution in [-0.2, 0) is 9.59 Å². The number of hydrogen-bond donors (Lipinski definition) is 1. The van der Waals surface area contributed by atoms with Gasteiger partial charge in [-0.05, 0) is 26.7 Å². The zero-order chi connectivity index (χ0) is 12.1. The van der Waals surface area contributed by atoms with E-state index in [9.17, 15) is 9.59 Å². The molecule has 0 aromatic heterocycles. The highest BCUT2D eigenvalue weighted by Gasteiger charge is 2.26. The van der Waals surface area contributed by atoms with Gasteiger partial charge in [-0.15, -0.1) is 0 Å². The van der Waals surface area contributed by atoms with E-state index in [1.54, 1.807) is 0 Å². The summed E-state index contributed by atoms with van der Waals surface area (Å²) >= 11 is 0. The Balaban J connectivity index is 2.37. The Morgan fingerprint density at radius 1 is 1.31 bits per heavy atom. The van der Waals surface area contributed by atoms with Gasteiger partial charge in [-0.2, -0.15) is 0 Å². The zero-order valence-corrected chi connectivity index (χ0v) is 10.5. The summed E-state index contributed by atoms with van der Waals surface area (Å²) in [6, 6.07) is 0.197. The van der Waals surface area contributed by atoms with Gasteiger partial charge in [-0.25, -0.2) is 0 Å². The van der Waals surface area contributed by atoms with Crippen LogP contribution in [0.4, 0.5) is 0 Å². The van der Waals surface area contributed by atoms with E-state index >= 15 is 0 Å². The molecule has 0 bridgehead atoms. The second-order valence-electron chi connectivity index (χ2n) is 4.67. The third-order valence-electron chi connectivity index (χ3n) is 2.95. The third-order valence-corrected chi connectivity index (χ3v) is 2.95. The molecule has 0 aromatic rings. The Morgan fingerprint density at radius 3 is 2.31 bits per heavy atom. The number of nitrogens with one attached hydrogen (secondary N) is 1. The van der Waals surface area contributed by atoms with Gasteiger partial charge in [0.2, 0.25) is 11.8 Å². The highest BCUT2D eigenvalue weighted by atomic mass is 16.2. The van der Waals surface area contributed by atoms with E-state index in [4.69, 9.17) is 0 Å². The van der Waals surface area contributed by atoms with Crippen LogP contribution in [0, 0.1) is 5.92 Å². The van der Waals surface area contributed by atoms with Crippen molar-refractivity contribution >= 4 is 11.8 Å². The number of amides is 2. The van der Waals surface area contributed by atoms with Crippen LogP contribution in [0.15, 0.2) is 0 Å². The molecule has 0 atom stereocenters. The van der Waals surface area contributed by atoms with Crippen molar-refractivity contribution in [2.75, 3.05) is 13.1 Å². The number of rotatable bonds is 3. The monoisotopic (exact) mass is 226 g/mol. The number of carbonyl (C=O) groups excluding carboxylic acids is 2. The van der Waals surface area contributed by atoms with E-state index in [-0.39, 0.29) is 23.8 Å². The summed E-state index contributed by atoms with van der Waals surface area (Å²) in [7, 11) is 0. The normalized spacial score (nSPS) is 17.6. The lowest BCUT2D eigenvalue weighted by Crippen LogP contribution is -2.44. The third kappa shape index (κ3) is 3.51. The Morgan fingerprint density at radius 2 is 1.88 bits per heavy atom. The molecular formula is C12H22N2O2. The Hall–Kier alpha value is -1.06. The van der Waals surface area contributed by atoms with Crippen LogP contribution < -0.4 is 5.32 Å². The van der Waals surface area contributed by atoms with Gasteiger partial charge in [0.15, 0.2) is 0 Å². The molecule has 1 aliphatic heterocycles. The van der Waals surface area contributed by atoms with Gasteiger partial charge in [0.05, 0.1) is 0 Å². The van der Waals surface area contributed by atoms with Crippen molar-refractivity contribution in [1.29, 1.82) is 0 Å². The first-order valence-electron chi connectivity index (χ1n) is 6.12. The van der Waals surface area contributed by atoms with Gasteiger partial charge in [-0.1, -0.05) is 6.92 Å². The first kappa shape index (κ1) is 13.0. The fourth-order valence-electron chi connectivity index (χ4n) is 2.02. The van der Waals surface area contributed by atoms with Crippen molar-refractivity contribution < 1.29 is 9.59 Å². The molecule has 4 heteroatoms. The topological polar surface area (TPSA) is 49.4 Å². The molecule has 16 heavy (non-hydrogen) atoms. The van der Waals surface area contributed by atoms with Crippen LogP contribution >= 0.6 is 0 Å². The molecule has 1 saturated heterocycles. The number of nitrogens with zero attached hydrogens (tertiary/aromatic N) is 1. The Kier molecular flexibility index (Phi) is 4.77. The molecule has 0 aromatic carbocycles. The van der Waals surface area contributed by atoms with E-state index < -0.39 is 0 Å². The predicted molar refractivity (Wildman–Crippen MR) is 62.9 cm³/mol. The highest BCUT2D eigenvalue weighted by Crippen LogP contribution is 2.18. The van der Waals surface area contributed by atoms with Crippen molar-refractivity contribution in [2.45, 2.75) is 46.1 Å². The molecule has 1 heterocycles. The summed E-state index contributed by atoms with van der Waals surface area (Å²) in [5.74, 6) is 0.421. The molecule has 4 nitrogen and oxygen atoms in total. The molecule has 1 aliphatic rings. The van der Waals surface area contributed by atoms with E-state index in [1.807, 2.05) is 25.7 Å². The fraction of sp³-hybridized carbons (Fsp3) is 0.833. The van der Waals surface area contributed by atoms with Crippen molar-refractivity contribution in [2.24, 2.45) is 5.92 Å². The van der Waals surface area contributed by atoms with Crippen molar-refractivity contribution in [3.63, 3.8) is 0 Å². The van der Waals surface area contributed by atoms with E-state index in [2.05, 4.69) is 5.32 Å². The molecule has 2 amide bonds. The zero-order valence-electron chi connectivity index (χ0n) is 10.5. The second-order valence-corrected chi connectivity index (χ2v) is 4.67. The minimum Gasteiger partial charge on any atom is -0.354 e. The van der Waals surface area contributed by atoms with Crippen molar-refractivity contribution in [1.82, 2.24) is 10.2 Å². The predicted octanol–water partition coefficient (Wildman–Crippen LogP) is 1.16. The van der Waals surface area contributed by atoms with Crippen LogP contribution in [0.1, 0.15) is 40.0 Å². The maximum Gasteiger partial charge on any atom is 0.223 e. The number of piperidine rings is 1. The van der Waals surface area contributed by atoms with Crippen LogP contribution in [0.3, 0.4) is 0 Å². The van der Waals surface area contributed by atoms with Crippen LogP contribution in [0.5, 0.6) is 0 Å². The lowest BCUT2D eigenvalue weighted by Gasteiger charge is -2.31. The molecule has 1 N–H and O–H groups in total. The quantitative estimate of drug-likeness (QED) is 0.785. The smallest absolute Gasteiger partial charge is 0.223 e. The molecule has 0 saturated carbocycles. The summed E-state index contributed by atoms with van der Waals surface area (Å²) in [5, 5.41) is 2.93. The summed E-state index contributed by atoms with van der Waals surface area (Å²) in [5.41, 5.74) is 0. The second kappa shape index (κ2) is 5.87. The first-order chi connectivity index (χ1) is 7.54. The lowest BCUT2D eigenvalue weighted by molar-refractivity contribution is -0.135. The van der Waals surface area contributed by atoms with Gasteiger partial charge in [0.1, 0.15) is 0 Å². The average Bonchev–Trinajstić information content (AvgIpc) is 2.27. The van der Waals surface area contributed by atoms with Crippen LogP contribution in [-0.4, -0.2) is 35.8 Å². The minimum atomic E-state index is 0.0864. The fourth-order valence-corrected chi connectivity index (χ4v) is 2.02. The number of carbonyl (C=O) groups is 2. The molecule has 92 valence electrons. The Labute approximate surface area is 97.4 Å². The van der Waals surface area contributed by atoms with Crippen LogP contribution in [0.25, 0.3) is 0 Å². The molecule has 0 aliphatic carbocycles. The van der Waals surface area contributed by atoms with Gasteiger partial charge in [0.25, 0.3) is 0 Å². The van der Waals surface area contributed by atoms with E-state index in [0.717, 1.165) is 25.9 Å². The standard InChI is InChI=1S/C12H22N2O2/c1-4-11(15)14-7-5-10(6-8-14)12(16)13-9(2)3/h9-10H,4-8H2,1-3H3,(H,13,16). The van der Waals surface area contributed by atoms with Gasteiger partial charge < -0.3 is 10.2 Å². The largest absolute Gasteiger partial charge is 0.354 e. The lowest BCUT2D eigenvalue weighted by atomic mass is 9.95. The van der Waals surface area contributed by atoms with Crippen molar-refractivity contribution in [3.8, 4) is 0 Å². The molecule has 0 unspecified atom stereocenters. The molecular weight excluding hydrogens is 204 g/mol. The number of hydrogen-bond acceptors (Lipinski definition) is 2. The molecule has 0 spiro atoms. The molecule has 0 radical (unpaired) electrons. The SMILES string of the molecule is CCC(=O)N1CCC(C(=O)NC(C)C)CC1. The van der Waals surface area contributed by atoms with Gasteiger partial charge in [-0.3, -0.25) is 9.59 Å². The van der Waals surface area contributed by atoms with Gasteiger partial charge >= 0.3 is 0 Å². The minimum absolute atomic E-state index is 0.0864. The average molecular weight is 226 g/mol. The van der Waals surface area contributed by atoms with Gasteiger partial charge in [0, 0.05) is 31.5 Å². The summed E-state index contributed by atoms with van der Waals surface area (Å²) < 4.78 is 0. The molecule has 1 fully saturated rings. The van der Waals surface area contributed by atoms with Crippen molar-refractivity contribution in [3.05, 3.63) is 0 Å². The van der Waals surface area contributed by atoms with Crippen LogP contribution in [0.2, 0.25) is 0 Å². The van der Waals surface area contributed by atoms with E-state index in [0.29, 0.717) is 6.42 Å². The summed E-state index contributed by atoms with van der Waals surface area (Å²) in [4.78, 5) is 25.0. The van der Waals surface area contributed by atoms with E-state index in [1.165, 1.54) is 0 Å². The summed E-state index contributed by atoms with van der Waals surface area (Å²) in [6.45, 7) is 7.26. The molecule has 1 rings (SSSR count). The number of likely N-dealkylation sites (tertiary alicyclic amines) is 1. The maximum atomic E-state index is 11.7. The maximum absolute atomic E-state index is 11.7.